The first-order chi connectivity index (χ1) is 9.19. The van der Waals surface area contributed by atoms with E-state index in [1.54, 1.807) is 13.2 Å². The molecule has 5 nitrogen and oxygen atoms in total. The van der Waals surface area contributed by atoms with Crippen LogP contribution in [0.2, 0.25) is 0 Å². The van der Waals surface area contributed by atoms with Gasteiger partial charge in [-0.3, -0.25) is 0 Å². The molecule has 1 unspecified atom stereocenters. The van der Waals surface area contributed by atoms with Gasteiger partial charge in [0.05, 0.1) is 5.56 Å². The molecule has 0 radical (unpaired) electrons. The molecule has 1 heterocycles. The Balaban J connectivity index is 1.94. The van der Waals surface area contributed by atoms with Gasteiger partial charge in [-0.2, -0.15) is 4.98 Å². The molecule has 100 valence electrons. The van der Waals surface area contributed by atoms with E-state index in [9.17, 15) is 5.11 Å². The molecule has 1 atom stereocenters. The van der Waals surface area contributed by atoms with E-state index in [0.717, 1.165) is 16.4 Å². The molecule has 0 saturated heterocycles. The first-order valence-electron chi connectivity index (χ1n) is 6.04. The molecular weight excluding hydrogens is 359 g/mol. The highest BCUT2D eigenvalue weighted by atomic mass is 127. The van der Waals surface area contributed by atoms with E-state index in [-0.39, 0.29) is 11.9 Å². The summed E-state index contributed by atoms with van der Waals surface area (Å²) in [5.41, 5.74) is 0.552. The van der Waals surface area contributed by atoms with Crippen molar-refractivity contribution in [1.29, 1.82) is 0 Å². The minimum atomic E-state index is -0.109. The van der Waals surface area contributed by atoms with Gasteiger partial charge in [-0.15, -0.1) is 0 Å². The second-order valence-corrected chi connectivity index (χ2v) is 5.86. The van der Waals surface area contributed by atoms with Crippen LogP contribution in [0.5, 0.6) is 5.75 Å². The molecule has 0 spiro atoms. The zero-order chi connectivity index (χ0) is 13.4. The van der Waals surface area contributed by atoms with Gasteiger partial charge < -0.3 is 14.4 Å². The summed E-state index contributed by atoms with van der Waals surface area (Å²) in [4.78, 5) is 4.35. The quantitative estimate of drug-likeness (QED) is 0.836. The Morgan fingerprint density at radius 1 is 1.47 bits per heavy atom. The minimum absolute atomic E-state index is 0.109. The van der Waals surface area contributed by atoms with Crippen molar-refractivity contribution in [2.75, 3.05) is 7.11 Å². The molecule has 0 bridgehead atoms. The highest BCUT2D eigenvalue weighted by Gasteiger charge is 2.35. The molecule has 19 heavy (non-hydrogen) atoms. The van der Waals surface area contributed by atoms with Crippen LogP contribution in [0.15, 0.2) is 22.7 Å². The predicted molar refractivity (Wildman–Crippen MR) is 76.6 cm³/mol. The molecule has 3 rings (SSSR count). The van der Waals surface area contributed by atoms with E-state index in [0.29, 0.717) is 23.2 Å². The molecule has 0 aliphatic heterocycles. The largest absolute Gasteiger partial charge is 0.507 e. The predicted octanol–water partition coefficient (Wildman–Crippen LogP) is 3.14. The van der Waals surface area contributed by atoms with Crippen molar-refractivity contribution < 1.29 is 14.4 Å². The summed E-state index contributed by atoms with van der Waals surface area (Å²) in [5, 5.41) is 13.8. The number of nitrogens with zero attached hydrogens (tertiary/aromatic N) is 2. The Kier molecular flexibility index (Phi) is 3.44. The molecule has 6 heteroatoms. The number of methoxy groups -OCH3 is 1. The Bertz CT molecular complexity index is 595. The smallest absolute Gasteiger partial charge is 0.261 e. The van der Waals surface area contributed by atoms with Crippen LogP contribution in [0, 0.1) is 9.49 Å². The van der Waals surface area contributed by atoms with Crippen molar-refractivity contribution in [3.63, 3.8) is 0 Å². The van der Waals surface area contributed by atoms with E-state index in [2.05, 4.69) is 32.7 Å². The van der Waals surface area contributed by atoms with E-state index in [1.165, 1.54) is 0 Å². The third-order valence-electron chi connectivity index (χ3n) is 3.19. The van der Waals surface area contributed by atoms with Crippen LogP contribution >= 0.6 is 22.6 Å². The summed E-state index contributed by atoms with van der Waals surface area (Å²) in [6.45, 7) is 0. The van der Waals surface area contributed by atoms with Crippen LogP contribution in [0.4, 0.5) is 0 Å². The summed E-state index contributed by atoms with van der Waals surface area (Å²) >= 11 is 2.17. The average Bonchev–Trinajstić information content (AvgIpc) is 3.11. The standard InChI is InChI=1S/C13H13IN2O3/c1-18-11(7-2-3-7)12-15-13(19-16-12)9-6-8(14)4-5-10(9)17/h4-7,11,17H,2-3H2,1H3. The number of phenols is 1. The number of aromatic nitrogens is 2. The van der Waals surface area contributed by atoms with Crippen LogP contribution in [-0.2, 0) is 4.74 Å². The third-order valence-corrected chi connectivity index (χ3v) is 3.86. The average molecular weight is 372 g/mol. The number of hydrogen-bond acceptors (Lipinski definition) is 5. The first-order valence-corrected chi connectivity index (χ1v) is 7.12. The monoisotopic (exact) mass is 372 g/mol. The molecule has 1 aromatic carbocycles. The molecule has 1 aliphatic rings. The molecule has 0 amide bonds. The Morgan fingerprint density at radius 2 is 2.26 bits per heavy atom. The highest BCUT2D eigenvalue weighted by molar-refractivity contribution is 14.1. The van der Waals surface area contributed by atoms with Crippen molar-refractivity contribution in [2.24, 2.45) is 5.92 Å². The van der Waals surface area contributed by atoms with Crippen molar-refractivity contribution in [3.8, 4) is 17.2 Å². The van der Waals surface area contributed by atoms with Gasteiger partial charge in [0.15, 0.2) is 0 Å². The number of aromatic hydroxyl groups is 1. The van der Waals surface area contributed by atoms with Gasteiger partial charge in [-0.25, -0.2) is 0 Å². The highest BCUT2D eigenvalue weighted by Crippen LogP contribution is 2.42. The molecule has 1 N–H and O–H groups in total. The van der Waals surface area contributed by atoms with Crippen LogP contribution in [0.1, 0.15) is 24.8 Å². The SMILES string of the molecule is COC(c1noc(-c2cc(I)ccc2O)n1)C1CC1. The Morgan fingerprint density at radius 3 is 2.95 bits per heavy atom. The van der Waals surface area contributed by atoms with Gasteiger partial charge in [0, 0.05) is 10.7 Å². The van der Waals surface area contributed by atoms with Gasteiger partial charge >= 0.3 is 0 Å². The molecule has 1 aliphatic carbocycles. The van der Waals surface area contributed by atoms with E-state index in [4.69, 9.17) is 9.26 Å². The third kappa shape index (κ3) is 2.59. The Labute approximate surface area is 124 Å². The van der Waals surface area contributed by atoms with Crippen molar-refractivity contribution in [1.82, 2.24) is 10.1 Å². The second-order valence-electron chi connectivity index (χ2n) is 4.61. The Hall–Kier alpha value is -1.15. The van der Waals surface area contributed by atoms with Gasteiger partial charge in [0.2, 0.25) is 5.82 Å². The summed E-state index contributed by atoms with van der Waals surface area (Å²) in [6.07, 6.45) is 2.16. The fourth-order valence-electron chi connectivity index (χ4n) is 2.05. The number of halogens is 1. The fourth-order valence-corrected chi connectivity index (χ4v) is 2.54. The fraction of sp³-hybridized carbons (Fsp3) is 0.385. The maximum Gasteiger partial charge on any atom is 0.261 e. The van der Waals surface area contributed by atoms with Crippen LogP contribution in [0.3, 0.4) is 0 Å². The van der Waals surface area contributed by atoms with Crippen molar-refractivity contribution in [3.05, 3.63) is 27.6 Å². The topological polar surface area (TPSA) is 68.4 Å². The number of phenolic OH excluding ortho intramolecular Hbond substituents is 1. The lowest BCUT2D eigenvalue weighted by atomic mass is 10.2. The number of hydrogen-bond donors (Lipinski definition) is 1. The lowest BCUT2D eigenvalue weighted by molar-refractivity contribution is 0.0751. The zero-order valence-electron chi connectivity index (χ0n) is 10.3. The number of ether oxygens (including phenoxy) is 1. The van der Waals surface area contributed by atoms with E-state index < -0.39 is 0 Å². The molecule has 1 fully saturated rings. The van der Waals surface area contributed by atoms with E-state index >= 15 is 0 Å². The molecule has 2 aromatic rings. The summed E-state index contributed by atoms with van der Waals surface area (Å²) in [5.74, 6) is 1.50. The zero-order valence-corrected chi connectivity index (χ0v) is 12.5. The summed E-state index contributed by atoms with van der Waals surface area (Å²) in [6, 6.07) is 5.25. The van der Waals surface area contributed by atoms with Crippen LogP contribution < -0.4 is 0 Å². The molecule has 1 saturated carbocycles. The maximum atomic E-state index is 9.85. The maximum absolute atomic E-state index is 9.85. The van der Waals surface area contributed by atoms with Gasteiger partial charge in [0.25, 0.3) is 5.89 Å². The van der Waals surface area contributed by atoms with Crippen molar-refractivity contribution >= 4 is 22.6 Å². The van der Waals surface area contributed by atoms with Gasteiger partial charge in [-0.05, 0) is 59.5 Å². The lowest BCUT2D eigenvalue weighted by Gasteiger charge is -2.08. The van der Waals surface area contributed by atoms with Crippen molar-refractivity contribution in [2.45, 2.75) is 18.9 Å². The molecule has 1 aromatic heterocycles. The first kappa shape index (κ1) is 12.9. The van der Waals surface area contributed by atoms with Crippen LogP contribution in [0.25, 0.3) is 11.5 Å². The second kappa shape index (κ2) is 5.09. The minimum Gasteiger partial charge on any atom is -0.507 e. The number of benzene rings is 1. The summed E-state index contributed by atoms with van der Waals surface area (Å²) < 4.78 is 11.7. The van der Waals surface area contributed by atoms with E-state index in [1.807, 2.05) is 12.1 Å². The van der Waals surface area contributed by atoms with Crippen LogP contribution in [-0.4, -0.2) is 22.4 Å². The number of rotatable bonds is 4. The van der Waals surface area contributed by atoms with Gasteiger partial charge in [-0.1, -0.05) is 5.16 Å². The summed E-state index contributed by atoms with van der Waals surface area (Å²) in [7, 11) is 1.65. The lowest BCUT2D eigenvalue weighted by Crippen LogP contribution is -2.05. The van der Waals surface area contributed by atoms with Gasteiger partial charge in [0.1, 0.15) is 11.9 Å². The normalized spacial score (nSPS) is 16.5. The molecular formula is C13H13IN2O3.